The van der Waals surface area contributed by atoms with E-state index in [2.05, 4.69) is 44.6 Å². The number of halogens is 1. The van der Waals surface area contributed by atoms with E-state index in [1.807, 2.05) is 43.4 Å². The summed E-state index contributed by atoms with van der Waals surface area (Å²) >= 11 is 2.24. The molecule has 0 spiro atoms. The molecular formula is C19H19IN4O2. The van der Waals surface area contributed by atoms with Crippen LogP contribution in [0.15, 0.2) is 65.8 Å². The van der Waals surface area contributed by atoms with Crippen LogP contribution >= 0.6 is 22.6 Å². The van der Waals surface area contributed by atoms with Gasteiger partial charge in [-0.25, -0.2) is 4.98 Å². The van der Waals surface area contributed by atoms with Crippen molar-refractivity contribution in [3.8, 4) is 17.4 Å². The van der Waals surface area contributed by atoms with Gasteiger partial charge in [0.1, 0.15) is 11.5 Å². The average molecular weight is 462 g/mol. The average Bonchev–Trinajstić information content (AvgIpc) is 2.67. The Morgan fingerprint density at radius 3 is 2.58 bits per heavy atom. The molecular weight excluding hydrogens is 443 g/mol. The Balaban J connectivity index is 0.000000209. The van der Waals surface area contributed by atoms with E-state index in [4.69, 9.17) is 15.6 Å². The fourth-order valence-corrected chi connectivity index (χ4v) is 2.47. The zero-order chi connectivity index (χ0) is 18.9. The molecule has 134 valence electrons. The minimum Gasteiger partial charge on any atom is -0.506 e. The summed E-state index contributed by atoms with van der Waals surface area (Å²) in [6, 6.07) is 16.5. The summed E-state index contributed by atoms with van der Waals surface area (Å²) in [5.41, 5.74) is 7.08. The van der Waals surface area contributed by atoms with E-state index in [0.29, 0.717) is 11.6 Å². The van der Waals surface area contributed by atoms with Gasteiger partial charge in [0.15, 0.2) is 0 Å². The van der Waals surface area contributed by atoms with E-state index < -0.39 is 0 Å². The number of nitrogens with one attached hydrogen (secondary N) is 1. The number of aliphatic imine (C=N–C) groups is 1. The van der Waals surface area contributed by atoms with Crippen LogP contribution in [-0.4, -0.2) is 23.9 Å². The Bertz CT molecular complexity index is 887. The van der Waals surface area contributed by atoms with Crippen molar-refractivity contribution in [2.24, 2.45) is 4.99 Å². The van der Waals surface area contributed by atoms with Crippen molar-refractivity contribution >= 4 is 46.4 Å². The minimum absolute atomic E-state index is 0.0462. The number of pyridine rings is 1. The van der Waals surface area contributed by atoms with Crippen molar-refractivity contribution in [1.29, 1.82) is 0 Å². The topological polar surface area (TPSA) is 92.8 Å². The molecule has 0 amide bonds. The summed E-state index contributed by atoms with van der Waals surface area (Å²) in [5, 5.41) is 12.1. The van der Waals surface area contributed by atoms with Crippen LogP contribution in [0, 0.1) is 3.57 Å². The van der Waals surface area contributed by atoms with Gasteiger partial charge < -0.3 is 20.9 Å². The maximum atomic E-state index is 9.02. The molecule has 4 N–H and O–H groups in total. The third-order valence-corrected chi connectivity index (χ3v) is 4.21. The minimum atomic E-state index is 0.0462. The lowest BCUT2D eigenvalue weighted by Gasteiger charge is -2.10. The number of anilines is 2. The van der Waals surface area contributed by atoms with E-state index >= 15 is 0 Å². The zero-order valence-corrected chi connectivity index (χ0v) is 16.3. The van der Waals surface area contributed by atoms with Gasteiger partial charge >= 0.3 is 0 Å². The molecule has 1 heterocycles. The summed E-state index contributed by atoms with van der Waals surface area (Å²) in [7, 11) is 1.85. The second-order valence-electron chi connectivity index (χ2n) is 5.01. The van der Waals surface area contributed by atoms with Crippen LogP contribution < -0.4 is 15.8 Å². The molecule has 0 saturated carbocycles. The van der Waals surface area contributed by atoms with Gasteiger partial charge in [0, 0.05) is 13.2 Å². The standard InChI is InChI=1S/C12H11IN2O.C7H8N2O/c1-14-10-6-4-8-15-12(10)16-11-7-3-2-5-9(11)13;1-9-5-3-2-4-6(10)7(5)8/h2-8,14H,1H3;2-4,10H,1,8H2. The fraction of sp³-hybridized carbons (Fsp3) is 0.0526. The van der Waals surface area contributed by atoms with Crippen molar-refractivity contribution in [2.75, 3.05) is 18.1 Å². The lowest BCUT2D eigenvalue weighted by Crippen LogP contribution is -1.96. The normalized spacial score (nSPS) is 9.62. The maximum Gasteiger partial charge on any atom is 0.242 e. The third kappa shape index (κ3) is 5.09. The molecule has 0 unspecified atom stereocenters. The highest BCUT2D eigenvalue weighted by Crippen LogP contribution is 2.30. The van der Waals surface area contributed by atoms with Gasteiger partial charge in [-0.2, -0.15) is 0 Å². The highest BCUT2D eigenvalue weighted by atomic mass is 127. The quantitative estimate of drug-likeness (QED) is 0.224. The summed E-state index contributed by atoms with van der Waals surface area (Å²) in [6.45, 7) is 3.29. The second-order valence-corrected chi connectivity index (χ2v) is 6.17. The molecule has 0 aliphatic rings. The lowest BCUT2D eigenvalue weighted by atomic mass is 10.2. The molecule has 0 radical (unpaired) electrons. The maximum absolute atomic E-state index is 9.02. The largest absolute Gasteiger partial charge is 0.506 e. The molecule has 3 aromatic rings. The first kappa shape index (κ1) is 19.5. The molecule has 0 aliphatic carbocycles. The van der Waals surface area contributed by atoms with Crippen molar-refractivity contribution in [3.05, 3.63) is 64.4 Å². The van der Waals surface area contributed by atoms with Crippen molar-refractivity contribution in [2.45, 2.75) is 0 Å². The van der Waals surface area contributed by atoms with Crippen LogP contribution in [0.5, 0.6) is 17.4 Å². The Morgan fingerprint density at radius 2 is 1.92 bits per heavy atom. The number of nitrogens with zero attached hydrogens (tertiary/aromatic N) is 2. The molecule has 0 atom stereocenters. The summed E-state index contributed by atoms with van der Waals surface area (Å²) in [6.07, 6.45) is 1.71. The van der Waals surface area contributed by atoms with Crippen molar-refractivity contribution in [3.63, 3.8) is 0 Å². The number of rotatable bonds is 4. The number of nitrogen functional groups attached to an aromatic ring is 1. The van der Waals surface area contributed by atoms with Gasteiger partial charge in [-0.1, -0.05) is 18.2 Å². The van der Waals surface area contributed by atoms with Crippen LogP contribution in [0.1, 0.15) is 0 Å². The zero-order valence-electron chi connectivity index (χ0n) is 14.2. The number of hydrogen-bond acceptors (Lipinski definition) is 6. The third-order valence-electron chi connectivity index (χ3n) is 3.31. The van der Waals surface area contributed by atoms with E-state index in [0.717, 1.165) is 15.0 Å². The van der Waals surface area contributed by atoms with Crippen molar-refractivity contribution in [1.82, 2.24) is 4.98 Å². The molecule has 6 nitrogen and oxygen atoms in total. The first-order valence-corrected chi connectivity index (χ1v) is 8.74. The van der Waals surface area contributed by atoms with Crippen LogP contribution in [0.25, 0.3) is 0 Å². The Kier molecular flexibility index (Phi) is 7.22. The molecule has 0 aliphatic heterocycles. The molecule has 26 heavy (non-hydrogen) atoms. The van der Waals surface area contributed by atoms with Gasteiger partial charge in [-0.15, -0.1) is 0 Å². The number of benzene rings is 2. The molecule has 0 saturated heterocycles. The second kappa shape index (κ2) is 9.62. The monoisotopic (exact) mass is 462 g/mol. The van der Waals surface area contributed by atoms with Crippen LogP contribution in [0.2, 0.25) is 0 Å². The highest BCUT2D eigenvalue weighted by Gasteiger charge is 2.06. The molecule has 7 heteroatoms. The van der Waals surface area contributed by atoms with Gasteiger partial charge in [0.2, 0.25) is 5.88 Å². The van der Waals surface area contributed by atoms with E-state index in [-0.39, 0.29) is 11.4 Å². The smallest absolute Gasteiger partial charge is 0.242 e. The first-order valence-electron chi connectivity index (χ1n) is 7.66. The summed E-state index contributed by atoms with van der Waals surface area (Å²) in [5.74, 6) is 1.46. The van der Waals surface area contributed by atoms with E-state index in [1.165, 1.54) is 6.07 Å². The summed E-state index contributed by atoms with van der Waals surface area (Å²) < 4.78 is 6.81. The van der Waals surface area contributed by atoms with Crippen LogP contribution in [-0.2, 0) is 0 Å². The number of phenols is 1. The van der Waals surface area contributed by atoms with Crippen molar-refractivity contribution < 1.29 is 9.84 Å². The molecule has 0 fully saturated rings. The SMILES string of the molecule is C=Nc1cccc(O)c1N.CNc1cccnc1Oc1ccccc1I. The van der Waals surface area contributed by atoms with Crippen LogP contribution in [0.4, 0.5) is 17.1 Å². The Hall–Kier alpha value is -2.81. The van der Waals surface area contributed by atoms with Gasteiger partial charge in [-0.3, -0.25) is 4.99 Å². The number of ether oxygens (including phenoxy) is 1. The fourth-order valence-electron chi connectivity index (χ4n) is 1.97. The number of aromatic nitrogens is 1. The summed E-state index contributed by atoms with van der Waals surface area (Å²) in [4.78, 5) is 7.79. The number of para-hydroxylation sites is 2. The molecule has 3 rings (SSSR count). The van der Waals surface area contributed by atoms with Gasteiger partial charge in [-0.05, 0) is 65.7 Å². The Labute approximate surface area is 165 Å². The lowest BCUT2D eigenvalue weighted by molar-refractivity contribution is 0.462. The number of aromatic hydroxyl groups is 1. The van der Waals surface area contributed by atoms with Gasteiger partial charge in [0.05, 0.1) is 20.6 Å². The first-order chi connectivity index (χ1) is 12.6. The number of phenolic OH excluding ortho intramolecular Hbond substituents is 1. The number of nitrogens with two attached hydrogens (primary N) is 1. The molecule has 0 bridgehead atoms. The predicted molar refractivity (Wildman–Crippen MR) is 115 cm³/mol. The molecule has 1 aromatic heterocycles. The number of hydrogen-bond donors (Lipinski definition) is 3. The molecule has 2 aromatic carbocycles. The van der Waals surface area contributed by atoms with E-state index in [1.54, 1.807) is 18.3 Å². The van der Waals surface area contributed by atoms with Crippen LogP contribution in [0.3, 0.4) is 0 Å². The predicted octanol–water partition coefficient (Wildman–Crippen LogP) is 4.83. The van der Waals surface area contributed by atoms with Gasteiger partial charge in [0.25, 0.3) is 0 Å². The highest BCUT2D eigenvalue weighted by molar-refractivity contribution is 14.1. The Morgan fingerprint density at radius 1 is 1.15 bits per heavy atom. The van der Waals surface area contributed by atoms with E-state index in [9.17, 15) is 0 Å².